The Balaban J connectivity index is 2.79. The molecule has 0 spiro atoms. The average molecular weight is 220 g/mol. The number of methoxy groups -OCH3 is 1. The third-order valence-corrected chi connectivity index (χ3v) is 2.45. The van der Waals surface area contributed by atoms with E-state index in [1.807, 2.05) is 30.3 Å². The molecular formula is C13H16O3. The topological polar surface area (TPSA) is 43.4 Å². The summed E-state index contributed by atoms with van der Waals surface area (Å²) in [5, 5.41) is 0. The molecule has 0 amide bonds. The van der Waals surface area contributed by atoms with Crippen LogP contribution in [-0.2, 0) is 14.3 Å². The van der Waals surface area contributed by atoms with Crippen LogP contribution in [0.5, 0.6) is 0 Å². The van der Waals surface area contributed by atoms with Gasteiger partial charge in [0.2, 0.25) is 0 Å². The minimum Gasteiger partial charge on any atom is -0.469 e. The number of Topliss-reactive ketones (excluding diaryl/α,β-unsaturated/α-hetero) is 1. The van der Waals surface area contributed by atoms with E-state index < -0.39 is 0 Å². The third kappa shape index (κ3) is 3.85. The first-order valence-electron chi connectivity index (χ1n) is 5.24. The highest BCUT2D eigenvalue weighted by atomic mass is 16.5. The number of benzene rings is 1. The van der Waals surface area contributed by atoms with Gasteiger partial charge in [-0.2, -0.15) is 0 Å². The summed E-state index contributed by atoms with van der Waals surface area (Å²) in [5.41, 5.74) is 1.00. The molecule has 3 nitrogen and oxygen atoms in total. The van der Waals surface area contributed by atoms with Gasteiger partial charge in [0.25, 0.3) is 0 Å². The molecule has 0 aliphatic heterocycles. The first-order chi connectivity index (χ1) is 7.63. The summed E-state index contributed by atoms with van der Waals surface area (Å²) in [6.07, 6.45) is 0.624. The Morgan fingerprint density at radius 3 is 2.31 bits per heavy atom. The number of hydrogen-bond donors (Lipinski definition) is 0. The predicted octanol–water partition coefficient (Wildman–Crippen LogP) is 2.31. The molecule has 0 unspecified atom stereocenters. The van der Waals surface area contributed by atoms with Crippen molar-refractivity contribution in [1.82, 2.24) is 0 Å². The van der Waals surface area contributed by atoms with Gasteiger partial charge in [0.05, 0.1) is 13.5 Å². The van der Waals surface area contributed by atoms with Crippen LogP contribution in [0, 0.1) is 0 Å². The zero-order chi connectivity index (χ0) is 12.0. The van der Waals surface area contributed by atoms with Crippen LogP contribution in [0.3, 0.4) is 0 Å². The summed E-state index contributed by atoms with van der Waals surface area (Å²) < 4.78 is 4.63. The van der Waals surface area contributed by atoms with Crippen LogP contribution in [0.25, 0.3) is 0 Å². The molecule has 0 radical (unpaired) electrons. The van der Waals surface area contributed by atoms with Crippen LogP contribution in [0.1, 0.15) is 31.2 Å². The molecule has 0 aliphatic carbocycles. The van der Waals surface area contributed by atoms with Crippen molar-refractivity contribution in [3.63, 3.8) is 0 Å². The minimum atomic E-state index is -0.282. The van der Waals surface area contributed by atoms with Crippen LogP contribution in [0.2, 0.25) is 0 Å². The number of carbonyl (C=O) groups excluding carboxylic acids is 2. The maximum absolute atomic E-state index is 11.2. The van der Waals surface area contributed by atoms with Crippen molar-refractivity contribution in [1.29, 1.82) is 0 Å². The van der Waals surface area contributed by atoms with Gasteiger partial charge in [0.15, 0.2) is 0 Å². The normalized spacial score (nSPS) is 11.9. The number of carbonyl (C=O) groups is 2. The van der Waals surface area contributed by atoms with Gasteiger partial charge in [-0.15, -0.1) is 0 Å². The molecule has 3 heteroatoms. The summed E-state index contributed by atoms with van der Waals surface area (Å²) in [5.74, 6) is -0.279. The van der Waals surface area contributed by atoms with E-state index in [9.17, 15) is 9.59 Å². The third-order valence-electron chi connectivity index (χ3n) is 2.45. The van der Waals surface area contributed by atoms with Crippen molar-refractivity contribution in [2.75, 3.05) is 7.11 Å². The monoisotopic (exact) mass is 220 g/mol. The Labute approximate surface area is 95.4 Å². The molecule has 1 aromatic carbocycles. The number of ketones is 1. The zero-order valence-corrected chi connectivity index (χ0v) is 9.60. The summed E-state index contributed by atoms with van der Waals surface area (Å²) in [4.78, 5) is 22.4. The Kier molecular flexibility index (Phi) is 4.70. The van der Waals surface area contributed by atoms with Gasteiger partial charge in [-0.3, -0.25) is 4.79 Å². The summed E-state index contributed by atoms with van der Waals surface area (Å²) in [6, 6.07) is 9.57. The van der Waals surface area contributed by atoms with Crippen molar-refractivity contribution in [2.24, 2.45) is 0 Å². The molecular weight excluding hydrogens is 204 g/mol. The second-order valence-corrected chi connectivity index (χ2v) is 3.79. The van der Waals surface area contributed by atoms with Gasteiger partial charge in [-0.1, -0.05) is 30.3 Å². The van der Waals surface area contributed by atoms with Gasteiger partial charge < -0.3 is 9.53 Å². The molecule has 0 aliphatic rings. The largest absolute Gasteiger partial charge is 0.469 e. The molecule has 0 heterocycles. The molecule has 0 aromatic heterocycles. The quantitative estimate of drug-likeness (QED) is 0.715. The highest BCUT2D eigenvalue weighted by Crippen LogP contribution is 2.23. The first-order valence-corrected chi connectivity index (χ1v) is 5.24. The van der Waals surface area contributed by atoms with Crippen LogP contribution in [0.4, 0.5) is 0 Å². The predicted molar refractivity (Wildman–Crippen MR) is 61.1 cm³/mol. The second-order valence-electron chi connectivity index (χ2n) is 3.79. The second kappa shape index (κ2) is 6.05. The van der Waals surface area contributed by atoms with E-state index in [1.165, 1.54) is 14.0 Å². The standard InChI is InChI=1S/C13H16O3/c1-10(14)8-12(9-13(15)16-2)11-6-4-3-5-7-11/h3-7,12H,8-9H2,1-2H3/t12-/m0/s1. The Bertz CT molecular complexity index is 357. The molecule has 0 bridgehead atoms. The van der Waals surface area contributed by atoms with Gasteiger partial charge in [0.1, 0.15) is 5.78 Å². The first kappa shape index (κ1) is 12.4. The van der Waals surface area contributed by atoms with Crippen LogP contribution in [0.15, 0.2) is 30.3 Å². The highest BCUT2D eigenvalue weighted by molar-refractivity contribution is 5.78. The number of ether oxygens (including phenoxy) is 1. The minimum absolute atomic E-state index is 0.0776. The molecule has 1 atom stereocenters. The molecule has 86 valence electrons. The van der Waals surface area contributed by atoms with Crippen molar-refractivity contribution < 1.29 is 14.3 Å². The van der Waals surface area contributed by atoms with Crippen LogP contribution >= 0.6 is 0 Å². The smallest absolute Gasteiger partial charge is 0.306 e. The average Bonchev–Trinajstić information content (AvgIpc) is 2.28. The Morgan fingerprint density at radius 2 is 1.81 bits per heavy atom. The van der Waals surface area contributed by atoms with E-state index in [-0.39, 0.29) is 24.1 Å². The molecule has 0 fully saturated rings. The molecule has 0 N–H and O–H groups in total. The van der Waals surface area contributed by atoms with E-state index in [4.69, 9.17) is 0 Å². The fourth-order valence-corrected chi connectivity index (χ4v) is 1.66. The molecule has 0 saturated heterocycles. The van der Waals surface area contributed by atoms with Crippen molar-refractivity contribution >= 4 is 11.8 Å². The molecule has 16 heavy (non-hydrogen) atoms. The van der Waals surface area contributed by atoms with Gasteiger partial charge in [-0.25, -0.2) is 0 Å². The number of esters is 1. The van der Waals surface area contributed by atoms with E-state index in [0.29, 0.717) is 6.42 Å². The van der Waals surface area contributed by atoms with Gasteiger partial charge >= 0.3 is 5.97 Å². The fraction of sp³-hybridized carbons (Fsp3) is 0.385. The van der Waals surface area contributed by atoms with Crippen LogP contribution < -0.4 is 0 Å². The van der Waals surface area contributed by atoms with Crippen molar-refractivity contribution in [3.05, 3.63) is 35.9 Å². The Morgan fingerprint density at radius 1 is 1.19 bits per heavy atom. The lowest BCUT2D eigenvalue weighted by Gasteiger charge is -2.14. The van der Waals surface area contributed by atoms with Crippen LogP contribution in [-0.4, -0.2) is 18.9 Å². The van der Waals surface area contributed by atoms with E-state index >= 15 is 0 Å². The van der Waals surface area contributed by atoms with E-state index in [1.54, 1.807) is 0 Å². The van der Waals surface area contributed by atoms with Crippen molar-refractivity contribution in [3.8, 4) is 0 Å². The van der Waals surface area contributed by atoms with Crippen molar-refractivity contribution in [2.45, 2.75) is 25.7 Å². The summed E-state index contributed by atoms with van der Waals surface area (Å²) >= 11 is 0. The maximum Gasteiger partial charge on any atom is 0.306 e. The lowest BCUT2D eigenvalue weighted by Crippen LogP contribution is -2.11. The number of rotatable bonds is 5. The van der Waals surface area contributed by atoms with Gasteiger partial charge in [0, 0.05) is 12.3 Å². The Hall–Kier alpha value is -1.64. The number of hydrogen-bond acceptors (Lipinski definition) is 3. The van der Waals surface area contributed by atoms with E-state index in [0.717, 1.165) is 5.56 Å². The maximum atomic E-state index is 11.2. The van der Waals surface area contributed by atoms with Gasteiger partial charge in [-0.05, 0) is 12.5 Å². The van der Waals surface area contributed by atoms with E-state index in [2.05, 4.69) is 4.74 Å². The lowest BCUT2D eigenvalue weighted by atomic mass is 9.91. The molecule has 1 rings (SSSR count). The summed E-state index contributed by atoms with van der Waals surface area (Å²) in [7, 11) is 1.36. The highest BCUT2D eigenvalue weighted by Gasteiger charge is 2.17. The lowest BCUT2D eigenvalue weighted by molar-refractivity contribution is -0.141. The zero-order valence-electron chi connectivity index (χ0n) is 9.60. The molecule has 0 saturated carbocycles. The fourth-order valence-electron chi connectivity index (χ4n) is 1.66. The summed E-state index contributed by atoms with van der Waals surface area (Å²) in [6.45, 7) is 1.53. The molecule has 1 aromatic rings. The SMILES string of the molecule is COC(=O)C[C@H](CC(C)=O)c1ccccc1.